The van der Waals surface area contributed by atoms with E-state index in [9.17, 15) is 9.18 Å². The average molecular weight is 413 g/mol. The molecular formula is C27H25FN2O. The number of benzene rings is 3. The van der Waals surface area contributed by atoms with E-state index in [1.807, 2.05) is 35.2 Å². The van der Waals surface area contributed by atoms with Crippen LogP contribution in [0.2, 0.25) is 0 Å². The molecule has 4 rings (SSSR count). The average Bonchev–Trinajstić information content (AvgIpc) is 2.83. The molecule has 0 bridgehead atoms. The number of nitrogens with zero attached hydrogens (tertiary/aromatic N) is 1. The van der Waals surface area contributed by atoms with Crippen molar-refractivity contribution < 1.29 is 9.18 Å². The van der Waals surface area contributed by atoms with Crippen molar-refractivity contribution in [2.45, 2.75) is 25.3 Å². The van der Waals surface area contributed by atoms with E-state index in [0.717, 1.165) is 42.6 Å². The number of amides is 1. The van der Waals surface area contributed by atoms with E-state index in [4.69, 9.17) is 5.73 Å². The number of piperidine rings is 1. The third kappa shape index (κ3) is 5.20. The first-order chi connectivity index (χ1) is 15.1. The lowest BCUT2D eigenvalue weighted by atomic mass is 9.88. The maximum atomic E-state index is 13.0. The highest BCUT2D eigenvalue weighted by Crippen LogP contribution is 2.29. The van der Waals surface area contributed by atoms with E-state index in [-0.39, 0.29) is 11.7 Å². The van der Waals surface area contributed by atoms with E-state index >= 15 is 0 Å². The molecule has 2 N–H and O–H groups in total. The van der Waals surface area contributed by atoms with Gasteiger partial charge in [-0.3, -0.25) is 4.79 Å². The van der Waals surface area contributed by atoms with E-state index in [1.54, 1.807) is 12.1 Å². The second-order valence-electron chi connectivity index (χ2n) is 7.85. The number of hydrogen-bond acceptors (Lipinski definition) is 2. The zero-order chi connectivity index (χ0) is 21.6. The second-order valence-corrected chi connectivity index (χ2v) is 7.85. The molecule has 1 aliphatic rings. The highest BCUT2D eigenvalue weighted by atomic mass is 19.1. The summed E-state index contributed by atoms with van der Waals surface area (Å²) in [4.78, 5) is 15.0. The molecule has 1 fully saturated rings. The molecule has 4 heteroatoms. The summed E-state index contributed by atoms with van der Waals surface area (Å²) in [5.41, 5.74) is 10.4. The molecule has 0 radical (unpaired) electrons. The molecule has 3 aromatic rings. The summed E-state index contributed by atoms with van der Waals surface area (Å²) < 4.78 is 13.0. The van der Waals surface area contributed by atoms with Gasteiger partial charge < -0.3 is 10.6 Å². The molecule has 1 amide bonds. The third-order valence-electron chi connectivity index (χ3n) is 5.75. The van der Waals surface area contributed by atoms with Crippen LogP contribution in [0, 0.1) is 17.7 Å². The molecule has 0 spiro atoms. The van der Waals surface area contributed by atoms with Gasteiger partial charge in [0.15, 0.2) is 0 Å². The van der Waals surface area contributed by atoms with Gasteiger partial charge in [0, 0.05) is 36.3 Å². The van der Waals surface area contributed by atoms with E-state index in [2.05, 4.69) is 30.0 Å². The first kappa shape index (κ1) is 20.8. The Balaban J connectivity index is 1.41. The molecule has 1 saturated heterocycles. The molecule has 156 valence electrons. The summed E-state index contributed by atoms with van der Waals surface area (Å²) in [6.45, 7) is 2.02. The Kier molecular flexibility index (Phi) is 6.45. The van der Waals surface area contributed by atoms with Gasteiger partial charge in [-0.15, -0.1) is 0 Å². The molecule has 0 saturated carbocycles. The standard InChI is InChI=1S/C27H25FN2O/c28-26-11-9-20(10-12-26)7-8-21-3-1-6-25(17-21)27(31)30-15-13-23(14-16-30)24-5-2-4-22(18-24)19-29/h1-6,9-12,17-18,23H,13-16,19,29H2. The van der Waals surface area contributed by atoms with E-state index in [1.165, 1.54) is 17.7 Å². The fourth-order valence-corrected chi connectivity index (χ4v) is 3.98. The van der Waals surface area contributed by atoms with Crippen LogP contribution < -0.4 is 5.73 Å². The number of likely N-dealkylation sites (tertiary alicyclic amines) is 1. The van der Waals surface area contributed by atoms with Crippen molar-refractivity contribution in [1.82, 2.24) is 4.90 Å². The van der Waals surface area contributed by atoms with Crippen LogP contribution in [0.4, 0.5) is 4.39 Å². The van der Waals surface area contributed by atoms with Gasteiger partial charge in [-0.25, -0.2) is 4.39 Å². The van der Waals surface area contributed by atoms with Gasteiger partial charge in [-0.1, -0.05) is 42.2 Å². The second kappa shape index (κ2) is 9.59. The summed E-state index contributed by atoms with van der Waals surface area (Å²) in [5.74, 6) is 6.30. The number of hydrogen-bond donors (Lipinski definition) is 1. The van der Waals surface area contributed by atoms with Crippen LogP contribution in [0.25, 0.3) is 0 Å². The molecule has 31 heavy (non-hydrogen) atoms. The summed E-state index contributed by atoms with van der Waals surface area (Å²) in [6, 6.07) is 21.9. The van der Waals surface area contributed by atoms with Crippen molar-refractivity contribution in [2.75, 3.05) is 13.1 Å². The van der Waals surface area contributed by atoms with Gasteiger partial charge in [0.1, 0.15) is 5.82 Å². The molecule has 1 heterocycles. The van der Waals surface area contributed by atoms with Gasteiger partial charge in [0.05, 0.1) is 0 Å². The number of carbonyl (C=O) groups is 1. The topological polar surface area (TPSA) is 46.3 Å². The zero-order valence-electron chi connectivity index (χ0n) is 17.4. The Morgan fingerprint density at radius 1 is 0.935 bits per heavy atom. The van der Waals surface area contributed by atoms with Crippen LogP contribution >= 0.6 is 0 Å². The third-order valence-corrected chi connectivity index (χ3v) is 5.75. The lowest BCUT2D eigenvalue weighted by molar-refractivity contribution is 0.0713. The number of carbonyl (C=O) groups excluding carboxylic acids is 1. The van der Waals surface area contributed by atoms with Gasteiger partial charge in [-0.05, 0) is 72.4 Å². The maximum absolute atomic E-state index is 13.0. The molecule has 0 aliphatic carbocycles. The maximum Gasteiger partial charge on any atom is 0.253 e. The van der Waals surface area contributed by atoms with Crippen molar-refractivity contribution >= 4 is 5.91 Å². The largest absolute Gasteiger partial charge is 0.339 e. The SMILES string of the molecule is NCc1cccc(C2CCN(C(=O)c3cccc(C#Cc4ccc(F)cc4)c3)CC2)c1. The minimum absolute atomic E-state index is 0.0413. The lowest BCUT2D eigenvalue weighted by Gasteiger charge is -2.32. The van der Waals surface area contributed by atoms with E-state index in [0.29, 0.717) is 18.0 Å². The highest BCUT2D eigenvalue weighted by molar-refractivity contribution is 5.94. The summed E-state index contributed by atoms with van der Waals surface area (Å²) >= 11 is 0. The van der Waals surface area contributed by atoms with Gasteiger partial charge in [0.25, 0.3) is 5.91 Å². The Morgan fingerprint density at radius 2 is 1.65 bits per heavy atom. The summed E-state index contributed by atoms with van der Waals surface area (Å²) in [6.07, 6.45) is 1.90. The summed E-state index contributed by atoms with van der Waals surface area (Å²) in [5, 5.41) is 0. The van der Waals surface area contributed by atoms with Crippen LogP contribution in [0.5, 0.6) is 0 Å². The molecule has 1 aliphatic heterocycles. The molecule has 3 aromatic carbocycles. The van der Waals surface area contributed by atoms with Crippen LogP contribution in [-0.4, -0.2) is 23.9 Å². The molecule has 3 nitrogen and oxygen atoms in total. The van der Waals surface area contributed by atoms with Gasteiger partial charge >= 0.3 is 0 Å². The highest BCUT2D eigenvalue weighted by Gasteiger charge is 2.24. The first-order valence-corrected chi connectivity index (χ1v) is 10.6. The van der Waals surface area contributed by atoms with Crippen molar-refractivity contribution in [1.29, 1.82) is 0 Å². The fourth-order valence-electron chi connectivity index (χ4n) is 3.98. The number of nitrogens with two attached hydrogens (primary N) is 1. The number of rotatable bonds is 3. The Hall–Kier alpha value is -3.42. The molecule has 0 aromatic heterocycles. The number of halogens is 1. The fraction of sp³-hybridized carbons (Fsp3) is 0.222. The summed E-state index contributed by atoms with van der Waals surface area (Å²) in [7, 11) is 0. The molecule has 0 atom stereocenters. The van der Waals surface area contributed by atoms with Crippen molar-refractivity contribution in [3.8, 4) is 11.8 Å². The van der Waals surface area contributed by atoms with Crippen LogP contribution in [0.3, 0.4) is 0 Å². The van der Waals surface area contributed by atoms with Crippen molar-refractivity contribution in [3.05, 3.63) is 106 Å². The zero-order valence-corrected chi connectivity index (χ0v) is 17.4. The van der Waals surface area contributed by atoms with Gasteiger partial charge in [0.2, 0.25) is 0 Å². The van der Waals surface area contributed by atoms with E-state index < -0.39 is 0 Å². The minimum Gasteiger partial charge on any atom is -0.339 e. The molecular weight excluding hydrogens is 387 g/mol. The Bertz CT molecular complexity index is 1120. The van der Waals surface area contributed by atoms with Crippen molar-refractivity contribution in [2.24, 2.45) is 5.73 Å². The van der Waals surface area contributed by atoms with Crippen molar-refractivity contribution in [3.63, 3.8) is 0 Å². The van der Waals surface area contributed by atoms with Crippen LogP contribution in [-0.2, 0) is 6.54 Å². The first-order valence-electron chi connectivity index (χ1n) is 10.6. The monoisotopic (exact) mass is 412 g/mol. The van der Waals surface area contributed by atoms with Crippen LogP contribution in [0.15, 0.2) is 72.8 Å². The van der Waals surface area contributed by atoms with Crippen LogP contribution in [0.1, 0.15) is 51.4 Å². The Labute approximate surface area is 182 Å². The molecule has 0 unspecified atom stereocenters. The smallest absolute Gasteiger partial charge is 0.253 e. The Morgan fingerprint density at radius 3 is 2.39 bits per heavy atom. The quantitative estimate of drug-likeness (QED) is 0.634. The lowest BCUT2D eigenvalue weighted by Crippen LogP contribution is -2.37. The normalized spacial score (nSPS) is 14.1. The predicted octanol–water partition coefficient (Wildman–Crippen LogP) is 4.70. The van der Waals surface area contributed by atoms with Gasteiger partial charge in [-0.2, -0.15) is 0 Å². The minimum atomic E-state index is -0.283. The predicted molar refractivity (Wildman–Crippen MR) is 121 cm³/mol.